The minimum absolute atomic E-state index is 0.118. The molecule has 0 radical (unpaired) electrons. The van der Waals surface area contributed by atoms with Crippen molar-refractivity contribution < 1.29 is 0 Å². The zero-order valence-electron chi connectivity index (χ0n) is 10.6. The highest BCUT2D eigenvalue weighted by Gasteiger charge is 2.12. The predicted molar refractivity (Wildman–Crippen MR) is 70.5 cm³/mol. The largest absolute Gasteiger partial charge is 0.273 e. The molecule has 1 unspecified atom stereocenters. The van der Waals surface area contributed by atoms with E-state index >= 15 is 0 Å². The molecule has 0 saturated heterocycles. The van der Waals surface area contributed by atoms with Crippen LogP contribution in [-0.2, 0) is 13.0 Å². The molecule has 0 aliphatic rings. The van der Waals surface area contributed by atoms with Crippen molar-refractivity contribution in [3.8, 4) is 0 Å². The van der Waals surface area contributed by atoms with Crippen LogP contribution in [-0.4, -0.2) is 14.8 Å². The lowest BCUT2D eigenvalue weighted by atomic mass is 10.0. The van der Waals surface area contributed by atoms with Crippen LogP contribution in [0.1, 0.15) is 30.6 Å². The molecule has 0 saturated carbocycles. The van der Waals surface area contributed by atoms with E-state index in [4.69, 9.17) is 5.84 Å². The van der Waals surface area contributed by atoms with Crippen molar-refractivity contribution in [2.75, 3.05) is 0 Å². The maximum absolute atomic E-state index is 5.61. The minimum Gasteiger partial charge on any atom is -0.273 e. The summed E-state index contributed by atoms with van der Waals surface area (Å²) in [5.41, 5.74) is 5.05. The lowest BCUT2D eigenvalue weighted by molar-refractivity contribution is 0.512. The van der Waals surface area contributed by atoms with Gasteiger partial charge in [0.1, 0.15) is 0 Å². The summed E-state index contributed by atoms with van der Waals surface area (Å²) >= 11 is 0. The number of rotatable bonds is 6. The second-order valence-electron chi connectivity index (χ2n) is 4.21. The molecule has 2 aromatic rings. The van der Waals surface area contributed by atoms with Crippen LogP contribution >= 0.6 is 0 Å². The molecule has 5 heteroatoms. The van der Waals surface area contributed by atoms with Crippen LogP contribution < -0.4 is 11.3 Å². The standard InChI is InChI=1S/C13H19N5/c1-2-18-10-11(9-16-18)13(17-14)7-6-12-5-3-4-8-15-12/h3-5,8-10,13,17H,2,6-7,14H2,1H3. The van der Waals surface area contributed by atoms with Crippen molar-refractivity contribution in [2.45, 2.75) is 32.4 Å². The van der Waals surface area contributed by atoms with Gasteiger partial charge in [0.05, 0.1) is 6.20 Å². The first kappa shape index (κ1) is 12.7. The quantitative estimate of drug-likeness (QED) is 0.597. The molecule has 5 nitrogen and oxygen atoms in total. The zero-order chi connectivity index (χ0) is 12.8. The Morgan fingerprint density at radius 2 is 2.33 bits per heavy atom. The van der Waals surface area contributed by atoms with Crippen LogP contribution in [0.5, 0.6) is 0 Å². The molecule has 3 N–H and O–H groups in total. The van der Waals surface area contributed by atoms with Gasteiger partial charge in [-0.2, -0.15) is 5.10 Å². The topological polar surface area (TPSA) is 68.8 Å². The average molecular weight is 245 g/mol. The summed E-state index contributed by atoms with van der Waals surface area (Å²) in [6.07, 6.45) is 7.51. The van der Waals surface area contributed by atoms with Crippen LogP contribution in [0.2, 0.25) is 0 Å². The Morgan fingerprint density at radius 3 is 2.94 bits per heavy atom. The number of pyridine rings is 1. The number of nitrogens with zero attached hydrogens (tertiary/aromatic N) is 3. The van der Waals surface area contributed by atoms with E-state index in [1.165, 1.54) is 0 Å². The maximum atomic E-state index is 5.61. The monoisotopic (exact) mass is 245 g/mol. The molecule has 0 fully saturated rings. The molecule has 96 valence electrons. The van der Waals surface area contributed by atoms with E-state index < -0.39 is 0 Å². The summed E-state index contributed by atoms with van der Waals surface area (Å²) in [7, 11) is 0. The van der Waals surface area contributed by atoms with Crippen LogP contribution in [0.3, 0.4) is 0 Å². The first-order valence-corrected chi connectivity index (χ1v) is 6.22. The first-order valence-electron chi connectivity index (χ1n) is 6.22. The van der Waals surface area contributed by atoms with Gasteiger partial charge < -0.3 is 0 Å². The Balaban J connectivity index is 1.97. The average Bonchev–Trinajstić information content (AvgIpc) is 2.89. The number of hydrazine groups is 1. The van der Waals surface area contributed by atoms with Crippen molar-refractivity contribution in [3.05, 3.63) is 48.0 Å². The van der Waals surface area contributed by atoms with Gasteiger partial charge in [-0.25, -0.2) is 0 Å². The fourth-order valence-corrected chi connectivity index (χ4v) is 1.92. The first-order chi connectivity index (χ1) is 8.83. The molecule has 1 atom stereocenters. The Labute approximate surface area is 107 Å². The third kappa shape index (κ3) is 3.15. The zero-order valence-corrected chi connectivity index (χ0v) is 10.6. The van der Waals surface area contributed by atoms with Crippen molar-refractivity contribution in [3.63, 3.8) is 0 Å². The number of aromatic nitrogens is 3. The lowest BCUT2D eigenvalue weighted by Gasteiger charge is -2.13. The maximum Gasteiger partial charge on any atom is 0.0538 e. The van der Waals surface area contributed by atoms with Crippen molar-refractivity contribution in [2.24, 2.45) is 5.84 Å². The molecule has 0 aromatic carbocycles. The number of hydrogen-bond acceptors (Lipinski definition) is 4. The molecule has 2 aromatic heterocycles. The van der Waals surface area contributed by atoms with Crippen molar-refractivity contribution >= 4 is 0 Å². The number of hydrogen-bond donors (Lipinski definition) is 2. The van der Waals surface area contributed by atoms with Gasteiger partial charge in [0.25, 0.3) is 0 Å². The smallest absolute Gasteiger partial charge is 0.0538 e. The summed E-state index contributed by atoms with van der Waals surface area (Å²) in [4.78, 5) is 4.31. The summed E-state index contributed by atoms with van der Waals surface area (Å²) in [5.74, 6) is 5.61. The Morgan fingerprint density at radius 1 is 1.44 bits per heavy atom. The highest BCUT2D eigenvalue weighted by Crippen LogP contribution is 2.17. The van der Waals surface area contributed by atoms with Gasteiger partial charge in [-0.15, -0.1) is 0 Å². The molecule has 0 aliphatic heterocycles. The fourth-order valence-electron chi connectivity index (χ4n) is 1.92. The summed E-state index contributed by atoms with van der Waals surface area (Å²) in [6, 6.07) is 6.08. The van der Waals surface area contributed by atoms with Crippen LogP contribution in [0.25, 0.3) is 0 Å². The van der Waals surface area contributed by atoms with E-state index in [0.717, 1.165) is 30.6 Å². The highest BCUT2D eigenvalue weighted by atomic mass is 15.3. The molecule has 0 spiro atoms. The lowest BCUT2D eigenvalue weighted by Crippen LogP contribution is -2.28. The Kier molecular flexibility index (Phi) is 4.44. The van der Waals surface area contributed by atoms with E-state index in [0.29, 0.717) is 0 Å². The second-order valence-corrected chi connectivity index (χ2v) is 4.21. The second kappa shape index (κ2) is 6.28. The third-order valence-corrected chi connectivity index (χ3v) is 3.00. The van der Waals surface area contributed by atoms with E-state index in [9.17, 15) is 0 Å². The highest BCUT2D eigenvalue weighted by molar-refractivity contribution is 5.11. The molecule has 18 heavy (non-hydrogen) atoms. The molecule has 2 rings (SSSR count). The van der Waals surface area contributed by atoms with Gasteiger partial charge >= 0.3 is 0 Å². The minimum atomic E-state index is 0.118. The van der Waals surface area contributed by atoms with Crippen LogP contribution in [0.15, 0.2) is 36.8 Å². The van der Waals surface area contributed by atoms with Crippen LogP contribution in [0.4, 0.5) is 0 Å². The Hall–Kier alpha value is -1.72. The van der Waals surface area contributed by atoms with Crippen molar-refractivity contribution in [1.29, 1.82) is 0 Å². The molecule has 0 bridgehead atoms. The van der Waals surface area contributed by atoms with E-state index in [-0.39, 0.29) is 6.04 Å². The van der Waals surface area contributed by atoms with Gasteiger partial charge in [-0.05, 0) is 31.9 Å². The van der Waals surface area contributed by atoms with Gasteiger partial charge in [-0.1, -0.05) is 6.07 Å². The molecule has 0 amide bonds. The summed E-state index contributed by atoms with van der Waals surface area (Å²) < 4.78 is 1.90. The van der Waals surface area contributed by atoms with E-state index in [2.05, 4.69) is 22.4 Å². The number of nitrogens with one attached hydrogen (secondary N) is 1. The van der Waals surface area contributed by atoms with Gasteiger partial charge in [0.2, 0.25) is 0 Å². The SMILES string of the molecule is CCn1cc(C(CCc2ccccn2)NN)cn1. The van der Waals surface area contributed by atoms with Crippen molar-refractivity contribution in [1.82, 2.24) is 20.2 Å². The Bertz CT molecular complexity index is 465. The third-order valence-electron chi connectivity index (χ3n) is 3.00. The molecule has 0 aliphatic carbocycles. The van der Waals surface area contributed by atoms with E-state index in [1.807, 2.05) is 41.5 Å². The summed E-state index contributed by atoms with van der Waals surface area (Å²) in [5, 5.41) is 4.26. The number of nitrogens with two attached hydrogens (primary N) is 1. The fraction of sp³-hybridized carbons (Fsp3) is 0.385. The van der Waals surface area contributed by atoms with Gasteiger partial charge in [-0.3, -0.25) is 20.9 Å². The van der Waals surface area contributed by atoms with Gasteiger partial charge in [0, 0.05) is 36.2 Å². The van der Waals surface area contributed by atoms with E-state index in [1.54, 1.807) is 0 Å². The number of aryl methyl sites for hydroxylation is 2. The predicted octanol–water partition coefficient (Wildman–Crippen LogP) is 1.44. The normalized spacial score (nSPS) is 12.6. The molecule has 2 heterocycles. The summed E-state index contributed by atoms with van der Waals surface area (Å²) in [6.45, 7) is 2.94. The van der Waals surface area contributed by atoms with Crippen LogP contribution in [0, 0.1) is 0 Å². The molecular weight excluding hydrogens is 226 g/mol. The molecular formula is C13H19N5. The van der Waals surface area contributed by atoms with Gasteiger partial charge in [0.15, 0.2) is 0 Å².